The first-order chi connectivity index (χ1) is 11.6. The number of aromatic nitrogens is 1. The Hall–Kier alpha value is -2.69. The maximum absolute atomic E-state index is 12.4. The predicted molar refractivity (Wildman–Crippen MR) is 94.8 cm³/mol. The number of carbonyl (C=O) groups is 1. The highest BCUT2D eigenvalue weighted by molar-refractivity contribution is 6.04. The van der Waals surface area contributed by atoms with Crippen LogP contribution in [0.2, 0.25) is 0 Å². The number of nitrogens with zero attached hydrogens (tertiary/aromatic N) is 2. The number of amides is 1. The lowest BCUT2D eigenvalue weighted by Crippen LogP contribution is -2.34. The highest BCUT2D eigenvalue weighted by Gasteiger charge is 2.12. The number of ether oxygens (including phenoxy) is 1. The van der Waals surface area contributed by atoms with Crippen LogP contribution in [0.4, 0.5) is 0 Å². The van der Waals surface area contributed by atoms with Gasteiger partial charge >= 0.3 is 0 Å². The van der Waals surface area contributed by atoms with E-state index in [1.165, 1.54) is 0 Å². The minimum absolute atomic E-state index is 0.225. The fourth-order valence-electron chi connectivity index (χ4n) is 2.00. The monoisotopic (exact) mass is 325 g/mol. The zero-order valence-corrected chi connectivity index (χ0v) is 14.3. The quantitative estimate of drug-likeness (QED) is 0.677. The summed E-state index contributed by atoms with van der Waals surface area (Å²) in [4.78, 5) is 21.0. The van der Waals surface area contributed by atoms with Crippen molar-refractivity contribution in [2.24, 2.45) is 10.9 Å². The SMILES string of the molecule is Cc1ccccc1C(=O)NC(=NCc1ccccn1)OCC(C)C. The number of amidine groups is 1. The van der Waals surface area contributed by atoms with Crippen LogP contribution >= 0.6 is 0 Å². The fourth-order valence-corrected chi connectivity index (χ4v) is 2.00. The Morgan fingerprint density at radius 2 is 1.96 bits per heavy atom. The van der Waals surface area contributed by atoms with Gasteiger partial charge in [-0.25, -0.2) is 4.99 Å². The van der Waals surface area contributed by atoms with Gasteiger partial charge in [0.25, 0.3) is 11.9 Å². The van der Waals surface area contributed by atoms with Gasteiger partial charge in [0.15, 0.2) is 0 Å². The highest BCUT2D eigenvalue weighted by atomic mass is 16.5. The van der Waals surface area contributed by atoms with Crippen LogP contribution in [0.15, 0.2) is 53.7 Å². The van der Waals surface area contributed by atoms with Crippen molar-refractivity contribution in [3.05, 3.63) is 65.5 Å². The van der Waals surface area contributed by atoms with Crippen molar-refractivity contribution >= 4 is 11.9 Å². The van der Waals surface area contributed by atoms with Gasteiger partial charge in [-0.3, -0.25) is 15.1 Å². The van der Waals surface area contributed by atoms with Crippen molar-refractivity contribution in [1.82, 2.24) is 10.3 Å². The first-order valence-electron chi connectivity index (χ1n) is 8.00. The zero-order chi connectivity index (χ0) is 17.4. The number of carbonyl (C=O) groups excluding carboxylic acids is 1. The van der Waals surface area contributed by atoms with Gasteiger partial charge in [0.1, 0.15) is 0 Å². The van der Waals surface area contributed by atoms with Crippen LogP contribution in [0.25, 0.3) is 0 Å². The van der Waals surface area contributed by atoms with E-state index in [2.05, 4.69) is 15.3 Å². The number of pyridine rings is 1. The third-order valence-corrected chi connectivity index (χ3v) is 3.27. The van der Waals surface area contributed by atoms with Crippen molar-refractivity contribution in [2.45, 2.75) is 27.3 Å². The lowest BCUT2D eigenvalue weighted by Gasteiger charge is -2.13. The van der Waals surface area contributed by atoms with Crippen molar-refractivity contribution in [1.29, 1.82) is 0 Å². The largest absolute Gasteiger partial charge is 0.465 e. The van der Waals surface area contributed by atoms with E-state index in [1.54, 1.807) is 12.3 Å². The van der Waals surface area contributed by atoms with Crippen molar-refractivity contribution < 1.29 is 9.53 Å². The summed E-state index contributed by atoms with van der Waals surface area (Å²) >= 11 is 0. The maximum Gasteiger partial charge on any atom is 0.292 e. The van der Waals surface area contributed by atoms with Gasteiger partial charge < -0.3 is 4.74 Å². The summed E-state index contributed by atoms with van der Waals surface area (Å²) in [5, 5.41) is 2.76. The lowest BCUT2D eigenvalue weighted by molar-refractivity contribution is 0.0962. The molecule has 0 aliphatic heterocycles. The smallest absolute Gasteiger partial charge is 0.292 e. The molecule has 0 aliphatic rings. The molecule has 1 aromatic heterocycles. The van der Waals surface area contributed by atoms with Crippen molar-refractivity contribution in [2.75, 3.05) is 6.61 Å². The summed E-state index contributed by atoms with van der Waals surface area (Å²) < 4.78 is 5.65. The second-order valence-corrected chi connectivity index (χ2v) is 5.92. The second-order valence-electron chi connectivity index (χ2n) is 5.92. The Bertz CT molecular complexity index is 697. The van der Waals surface area contributed by atoms with Crippen LogP contribution in [0.3, 0.4) is 0 Å². The first kappa shape index (κ1) is 17.7. The zero-order valence-electron chi connectivity index (χ0n) is 14.3. The molecule has 0 spiro atoms. The van der Waals surface area contributed by atoms with Gasteiger partial charge in [0.05, 0.1) is 18.8 Å². The molecule has 0 saturated carbocycles. The Morgan fingerprint density at radius 1 is 1.21 bits per heavy atom. The van der Waals surface area contributed by atoms with E-state index in [-0.39, 0.29) is 11.9 Å². The molecule has 24 heavy (non-hydrogen) atoms. The van der Waals surface area contributed by atoms with E-state index in [4.69, 9.17) is 4.74 Å². The molecule has 1 heterocycles. The molecule has 0 aliphatic carbocycles. The molecule has 1 N–H and O–H groups in total. The van der Waals surface area contributed by atoms with Crippen molar-refractivity contribution in [3.63, 3.8) is 0 Å². The molecule has 5 nitrogen and oxygen atoms in total. The van der Waals surface area contributed by atoms with Crippen LogP contribution < -0.4 is 5.32 Å². The topological polar surface area (TPSA) is 63.6 Å². The summed E-state index contributed by atoms with van der Waals surface area (Å²) in [6.45, 7) is 6.81. The number of benzene rings is 1. The van der Waals surface area contributed by atoms with Gasteiger partial charge in [-0.1, -0.05) is 38.1 Å². The number of nitrogens with one attached hydrogen (secondary N) is 1. The minimum Gasteiger partial charge on any atom is -0.465 e. The van der Waals surface area contributed by atoms with Gasteiger partial charge in [-0.05, 0) is 36.6 Å². The summed E-state index contributed by atoms with van der Waals surface area (Å²) in [6.07, 6.45) is 1.71. The molecule has 1 aromatic carbocycles. The second kappa shape index (κ2) is 8.82. The van der Waals surface area contributed by atoms with Crippen LogP contribution in [0.5, 0.6) is 0 Å². The number of aryl methyl sites for hydroxylation is 1. The summed E-state index contributed by atoms with van der Waals surface area (Å²) in [5.74, 6) is 0.108. The Morgan fingerprint density at radius 3 is 2.62 bits per heavy atom. The minimum atomic E-state index is -0.225. The molecule has 0 bridgehead atoms. The number of hydrogen-bond acceptors (Lipinski definition) is 4. The summed E-state index contributed by atoms with van der Waals surface area (Å²) in [7, 11) is 0. The lowest BCUT2D eigenvalue weighted by atomic mass is 10.1. The Labute approximate surface area is 142 Å². The molecule has 0 radical (unpaired) electrons. The Kier molecular flexibility index (Phi) is 6.49. The van der Waals surface area contributed by atoms with E-state index < -0.39 is 0 Å². The van der Waals surface area contributed by atoms with Crippen LogP contribution in [-0.2, 0) is 11.3 Å². The normalized spacial score (nSPS) is 11.4. The van der Waals surface area contributed by atoms with E-state index in [1.807, 2.05) is 57.2 Å². The van der Waals surface area contributed by atoms with Crippen LogP contribution in [-0.4, -0.2) is 23.5 Å². The number of rotatable bonds is 5. The van der Waals surface area contributed by atoms with Gasteiger partial charge in [-0.2, -0.15) is 0 Å². The molecule has 0 atom stereocenters. The van der Waals surface area contributed by atoms with E-state index >= 15 is 0 Å². The predicted octanol–water partition coefficient (Wildman–Crippen LogP) is 3.35. The van der Waals surface area contributed by atoms with Crippen LogP contribution in [0.1, 0.15) is 35.5 Å². The highest BCUT2D eigenvalue weighted by Crippen LogP contribution is 2.07. The maximum atomic E-state index is 12.4. The molecule has 2 aromatic rings. The molecule has 1 amide bonds. The van der Waals surface area contributed by atoms with Gasteiger partial charge in [-0.15, -0.1) is 0 Å². The molecule has 2 rings (SSSR count). The standard InChI is InChI=1S/C19H23N3O2/c1-14(2)13-24-19(21-12-16-9-6-7-11-20-16)22-18(23)17-10-5-4-8-15(17)3/h4-11,14H,12-13H2,1-3H3,(H,21,22,23). The fraction of sp³-hybridized carbons (Fsp3) is 0.316. The molecule has 126 valence electrons. The summed E-state index contributed by atoms with van der Waals surface area (Å²) in [5.41, 5.74) is 2.33. The molecule has 0 unspecified atom stereocenters. The third-order valence-electron chi connectivity index (χ3n) is 3.27. The molecule has 0 fully saturated rings. The average molecular weight is 325 g/mol. The number of aliphatic imine (C=N–C) groups is 1. The van der Waals surface area contributed by atoms with E-state index in [0.29, 0.717) is 24.6 Å². The molecular weight excluding hydrogens is 302 g/mol. The summed E-state index contributed by atoms with van der Waals surface area (Å²) in [6, 6.07) is 13.3. The third kappa shape index (κ3) is 5.50. The molecule has 5 heteroatoms. The van der Waals surface area contributed by atoms with Gasteiger partial charge in [0, 0.05) is 11.8 Å². The van der Waals surface area contributed by atoms with Gasteiger partial charge in [0.2, 0.25) is 0 Å². The average Bonchev–Trinajstić information content (AvgIpc) is 2.58. The first-order valence-corrected chi connectivity index (χ1v) is 8.00. The van der Waals surface area contributed by atoms with Crippen LogP contribution in [0, 0.1) is 12.8 Å². The van der Waals surface area contributed by atoms with E-state index in [0.717, 1.165) is 11.3 Å². The Balaban J connectivity index is 2.10. The molecular formula is C19H23N3O2. The van der Waals surface area contributed by atoms with Crippen molar-refractivity contribution in [3.8, 4) is 0 Å². The molecule has 0 saturated heterocycles. The van der Waals surface area contributed by atoms with E-state index in [9.17, 15) is 4.79 Å². The number of hydrogen-bond donors (Lipinski definition) is 1.